The van der Waals surface area contributed by atoms with E-state index < -0.39 is 0 Å². The van der Waals surface area contributed by atoms with Crippen molar-refractivity contribution in [3.05, 3.63) is 35.4 Å². The van der Waals surface area contributed by atoms with E-state index >= 15 is 0 Å². The third-order valence-electron chi connectivity index (χ3n) is 2.80. The fourth-order valence-corrected chi connectivity index (χ4v) is 2.81. The molecular formula is C12H16OS. The van der Waals surface area contributed by atoms with Crippen LogP contribution in [-0.4, -0.2) is 22.7 Å². The molecule has 0 aromatic heterocycles. The van der Waals surface area contributed by atoms with E-state index in [1.165, 1.54) is 17.5 Å². The molecule has 0 fully saturated rings. The van der Waals surface area contributed by atoms with Crippen molar-refractivity contribution in [1.29, 1.82) is 0 Å². The summed E-state index contributed by atoms with van der Waals surface area (Å²) in [6.45, 7) is 2.37. The minimum absolute atomic E-state index is 0.291. The van der Waals surface area contributed by atoms with Crippen LogP contribution in [0.2, 0.25) is 0 Å². The van der Waals surface area contributed by atoms with Crippen molar-refractivity contribution in [2.45, 2.75) is 24.5 Å². The van der Waals surface area contributed by atoms with Gasteiger partial charge in [-0.25, -0.2) is 0 Å². The number of hydrogen-bond acceptors (Lipinski definition) is 2. The Balaban J connectivity index is 1.87. The van der Waals surface area contributed by atoms with Gasteiger partial charge < -0.3 is 5.11 Å². The van der Waals surface area contributed by atoms with Crippen LogP contribution in [0.25, 0.3) is 0 Å². The first kappa shape index (κ1) is 10.1. The minimum Gasteiger partial charge on any atom is -0.395 e. The molecule has 0 bridgehead atoms. The molecule has 0 aliphatic heterocycles. The third kappa shape index (κ3) is 1.96. The van der Waals surface area contributed by atoms with Gasteiger partial charge in [0.15, 0.2) is 0 Å². The van der Waals surface area contributed by atoms with E-state index in [1.54, 1.807) is 0 Å². The molecule has 1 aromatic carbocycles. The molecule has 2 atom stereocenters. The highest BCUT2D eigenvalue weighted by molar-refractivity contribution is 7.99. The fourth-order valence-electron chi connectivity index (χ4n) is 1.84. The summed E-state index contributed by atoms with van der Waals surface area (Å²) in [4.78, 5) is 0. The van der Waals surface area contributed by atoms with Crippen LogP contribution in [0.5, 0.6) is 0 Å². The van der Waals surface area contributed by atoms with E-state index in [0.717, 1.165) is 11.7 Å². The molecule has 2 unspecified atom stereocenters. The van der Waals surface area contributed by atoms with Gasteiger partial charge in [0.25, 0.3) is 0 Å². The first-order chi connectivity index (χ1) is 6.81. The van der Waals surface area contributed by atoms with Gasteiger partial charge in [0.05, 0.1) is 6.61 Å². The van der Waals surface area contributed by atoms with Crippen molar-refractivity contribution >= 4 is 11.8 Å². The lowest BCUT2D eigenvalue weighted by Gasteiger charge is -2.30. The molecule has 0 heterocycles. The summed E-state index contributed by atoms with van der Waals surface area (Å²) >= 11 is 1.87. The normalized spacial score (nSPS) is 21.1. The van der Waals surface area contributed by atoms with E-state index in [4.69, 9.17) is 5.11 Å². The standard InChI is InChI=1S/C12H16OS/c1-9(7-13)14-8-11-6-10-4-2-3-5-12(10)11/h2-5,9,11,13H,6-8H2,1H3. The van der Waals surface area contributed by atoms with Gasteiger partial charge >= 0.3 is 0 Å². The van der Waals surface area contributed by atoms with Crippen molar-refractivity contribution < 1.29 is 5.11 Å². The second-order valence-electron chi connectivity index (χ2n) is 3.93. The Morgan fingerprint density at radius 3 is 3.00 bits per heavy atom. The highest BCUT2D eigenvalue weighted by Gasteiger charge is 2.25. The topological polar surface area (TPSA) is 20.2 Å². The van der Waals surface area contributed by atoms with Gasteiger partial charge in [-0.3, -0.25) is 0 Å². The zero-order chi connectivity index (χ0) is 9.97. The predicted molar refractivity (Wildman–Crippen MR) is 61.9 cm³/mol. The number of aliphatic hydroxyl groups is 1. The van der Waals surface area contributed by atoms with Crippen LogP contribution in [0.15, 0.2) is 24.3 Å². The zero-order valence-electron chi connectivity index (χ0n) is 8.44. The van der Waals surface area contributed by atoms with Gasteiger partial charge in [-0.1, -0.05) is 31.2 Å². The maximum Gasteiger partial charge on any atom is 0.0547 e. The minimum atomic E-state index is 0.291. The molecule has 0 amide bonds. The largest absolute Gasteiger partial charge is 0.395 e. The maximum absolute atomic E-state index is 8.91. The number of benzene rings is 1. The third-order valence-corrected chi connectivity index (χ3v) is 4.11. The van der Waals surface area contributed by atoms with Crippen LogP contribution >= 0.6 is 11.8 Å². The highest BCUT2D eigenvalue weighted by atomic mass is 32.2. The number of fused-ring (bicyclic) bond motifs is 1. The molecule has 76 valence electrons. The molecule has 1 N–H and O–H groups in total. The first-order valence-electron chi connectivity index (χ1n) is 5.11. The molecule has 0 saturated carbocycles. The molecule has 0 saturated heterocycles. The van der Waals surface area contributed by atoms with Gasteiger partial charge in [-0.05, 0) is 23.5 Å². The van der Waals surface area contributed by atoms with Crippen LogP contribution in [0.3, 0.4) is 0 Å². The van der Waals surface area contributed by atoms with Crippen LogP contribution < -0.4 is 0 Å². The number of rotatable bonds is 4. The van der Waals surface area contributed by atoms with E-state index in [9.17, 15) is 0 Å². The van der Waals surface area contributed by atoms with Crippen molar-refractivity contribution in [2.24, 2.45) is 0 Å². The summed E-state index contributed by atoms with van der Waals surface area (Å²) in [6, 6.07) is 8.67. The molecule has 0 spiro atoms. The average Bonchev–Trinajstić information content (AvgIpc) is 2.19. The molecule has 1 nitrogen and oxygen atoms in total. The summed E-state index contributed by atoms with van der Waals surface area (Å²) < 4.78 is 0. The summed E-state index contributed by atoms with van der Waals surface area (Å²) in [5, 5.41) is 9.29. The molecule has 1 aliphatic carbocycles. The monoisotopic (exact) mass is 208 g/mol. The predicted octanol–water partition coefficient (Wildman–Crippen LogP) is 2.44. The smallest absolute Gasteiger partial charge is 0.0547 e. The summed E-state index contributed by atoms with van der Waals surface area (Å²) in [5.74, 6) is 1.88. The lowest BCUT2D eigenvalue weighted by atomic mass is 9.79. The summed E-state index contributed by atoms with van der Waals surface area (Å²) in [7, 11) is 0. The van der Waals surface area contributed by atoms with Gasteiger partial charge in [0.2, 0.25) is 0 Å². The fraction of sp³-hybridized carbons (Fsp3) is 0.500. The van der Waals surface area contributed by atoms with E-state index in [-0.39, 0.29) is 0 Å². The van der Waals surface area contributed by atoms with Crippen LogP contribution in [0.1, 0.15) is 24.0 Å². The Morgan fingerprint density at radius 1 is 1.50 bits per heavy atom. The molecule has 2 heteroatoms. The van der Waals surface area contributed by atoms with Crippen molar-refractivity contribution in [3.8, 4) is 0 Å². The van der Waals surface area contributed by atoms with Crippen molar-refractivity contribution in [1.82, 2.24) is 0 Å². The van der Waals surface area contributed by atoms with Gasteiger partial charge in [0, 0.05) is 11.0 Å². The molecule has 1 aliphatic rings. The maximum atomic E-state index is 8.91. The number of hydrogen-bond donors (Lipinski definition) is 1. The second-order valence-corrected chi connectivity index (χ2v) is 5.40. The Hall–Kier alpha value is -0.470. The Bertz CT molecular complexity index is 311. The van der Waals surface area contributed by atoms with Gasteiger partial charge in [-0.2, -0.15) is 11.8 Å². The van der Waals surface area contributed by atoms with Gasteiger partial charge in [0.1, 0.15) is 0 Å². The summed E-state index contributed by atoms with van der Waals surface area (Å²) in [5.41, 5.74) is 3.03. The Morgan fingerprint density at radius 2 is 2.29 bits per heavy atom. The van der Waals surface area contributed by atoms with Crippen LogP contribution in [0, 0.1) is 0 Å². The SMILES string of the molecule is CC(CO)SCC1Cc2ccccc21. The molecule has 1 aromatic rings. The van der Waals surface area contributed by atoms with Crippen molar-refractivity contribution in [2.75, 3.05) is 12.4 Å². The highest BCUT2D eigenvalue weighted by Crippen LogP contribution is 2.37. The van der Waals surface area contributed by atoms with Crippen LogP contribution in [-0.2, 0) is 6.42 Å². The average molecular weight is 208 g/mol. The first-order valence-corrected chi connectivity index (χ1v) is 6.16. The molecule has 0 radical (unpaired) electrons. The quantitative estimate of drug-likeness (QED) is 0.820. The Kier molecular flexibility index (Phi) is 3.14. The zero-order valence-corrected chi connectivity index (χ0v) is 9.26. The van der Waals surface area contributed by atoms with E-state index in [1.807, 2.05) is 11.8 Å². The van der Waals surface area contributed by atoms with Crippen LogP contribution in [0.4, 0.5) is 0 Å². The second kappa shape index (κ2) is 4.37. The van der Waals surface area contributed by atoms with E-state index in [0.29, 0.717) is 11.9 Å². The van der Waals surface area contributed by atoms with Crippen molar-refractivity contribution in [3.63, 3.8) is 0 Å². The Labute approximate surface area is 89.5 Å². The number of aliphatic hydroxyl groups excluding tert-OH is 1. The number of thioether (sulfide) groups is 1. The van der Waals surface area contributed by atoms with Gasteiger partial charge in [-0.15, -0.1) is 0 Å². The lowest BCUT2D eigenvalue weighted by molar-refractivity contribution is 0.300. The van der Waals surface area contributed by atoms with E-state index in [2.05, 4.69) is 31.2 Å². The molecule has 2 rings (SSSR count). The molecule has 14 heavy (non-hydrogen) atoms. The lowest BCUT2D eigenvalue weighted by Crippen LogP contribution is -2.20. The molecular weight excluding hydrogens is 192 g/mol. The summed E-state index contributed by atoms with van der Waals surface area (Å²) in [6.07, 6.45) is 1.22.